The number of benzene rings is 2. The zero-order chi connectivity index (χ0) is 21.1. The number of hydrogen-bond acceptors (Lipinski definition) is 4. The first-order valence-electron chi connectivity index (χ1n) is 9.51. The van der Waals surface area contributed by atoms with Gasteiger partial charge in [-0.25, -0.2) is 0 Å². The Labute approximate surface area is 177 Å². The zero-order valence-corrected chi connectivity index (χ0v) is 18.1. The van der Waals surface area contributed by atoms with Crippen molar-refractivity contribution in [2.24, 2.45) is 0 Å². The van der Waals surface area contributed by atoms with E-state index in [9.17, 15) is 4.79 Å². The SMILES string of the molecule is C=CC1=C(N(C)C)Nc2cc(Cl)ccc2N(C(=O)c2ccc(CNC)cc2C)C1. The highest BCUT2D eigenvalue weighted by Crippen LogP contribution is 2.35. The molecule has 0 spiro atoms. The lowest BCUT2D eigenvalue weighted by molar-refractivity contribution is 0.0989. The lowest BCUT2D eigenvalue weighted by atomic mass is 10.0. The second-order valence-electron chi connectivity index (χ2n) is 7.33. The van der Waals surface area contributed by atoms with E-state index >= 15 is 0 Å². The Morgan fingerprint density at radius 2 is 2.07 bits per heavy atom. The first kappa shape index (κ1) is 21.0. The molecule has 5 nitrogen and oxygen atoms in total. The summed E-state index contributed by atoms with van der Waals surface area (Å²) in [5.41, 5.74) is 5.29. The van der Waals surface area contributed by atoms with Crippen LogP contribution in [0.5, 0.6) is 0 Å². The maximum atomic E-state index is 13.6. The molecule has 2 aromatic carbocycles. The topological polar surface area (TPSA) is 47.6 Å². The van der Waals surface area contributed by atoms with E-state index in [-0.39, 0.29) is 5.91 Å². The Morgan fingerprint density at radius 1 is 1.31 bits per heavy atom. The molecule has 3 rings (SSSR count). The predicted molar refractivity (Wildman–Crippen MR) is 122 cm³/mol. The van der Waals surface area contributed by atoms with Crippen molar-refractivity contribution in [1.29, 1.82) is 0 Å². The van der Waals surface area contributed by atoms with E-state index < -0.39 is 0 Å². The summed E-state index contributed by atoms with van der Waals surface area (Å²) in [4.78, 5) is 17.4. The largest absolute Gasteiger partial charge is 0.364 e. The molecule has 1 heterocycles. The van der Waals surface area contributed by atoms with Gasteiger partial charge in [0.15, 0.2) is 0 Å². The summed E-state index contributed by atoms with van der Waals surface area (Å²) in [7, 11) is 5.82. The van der Waals surface area contributed by atoms with E-state index in [0.717, 1.165) is 40.4 Å². The minimum Gasteiger partial charge on any atom is -0.364 e. The predicted octanol–water partition coefficient (Wildman–Crippen LogP) is 4.40. The van der Waals surface area contributed by atoms with E-state index in [4.69, 9.17) is 11.6 Å². The maximum Gasteiger partial charge on any atom is 0.258 e. The van der Waals surface area contributed by atoms with Crippen molar-refractivity contribution >= 4 is 28.9 Å². The molecular formula is C23H27ClN4O. The Bertz CT molecular complexity index is 981. The second kappa shape index (κ2) is 8.72. The number of carbonyl (C=O) groups excluding carboxylic acids is 1. The third-order valence-electron chi connectivity index (χ3n) is 4.98. The molecule has 1 amide bonds. The van der Waals surface area contributed by atoms with Gasteiger partial charge >= 0.3 is 0 Å². The van der Waals surface area contributed by atoms with Crippen molar-refractivity contribution in [3.05, 3.63) is 82.2 Å². The summed E-state index contributed by atoms with van der Waals surface area (Å²) in [5, 5.41) is 7.17. The van der Waals surface area contributed by atoms with E-state index in [1.54, 1.807) is 17.0 Å². The molecule has 1 aliphatic heterocycles. The molecule has 2 aromatic rings. The molecule has 152 valence electrons. The van der Waals surface area contributed by atoms with Gasteiger partial charge in [-0.15, -0.1) is 0 Å². The monoisotopic (exact) mass is 410 g/mol. The van der Waals surface area contributed by atoms with Crippen molar-refractivity contribution in [3.63, 3.8) is 0 Å². The van der Waals surface area contributed by atoms with Crippen LogP contribution in [0.3, 0.4) is 0 Å². The van der Waals surface area contributed by atoms with Crippen LogP contribution in [0.15, 0.2) is 60.4 Å². The minimum absolute atomic E-state index is 0.0526. The fraction of sp³-hybridized carbons (Fsp3) is 0.261. The van der Waals surface area contributed by atoms with Gasteiger partial charge in [-0.05, 0) is 49.4 Å². The molecule has 0 radical (unpaired) electrons. The van der Waals surface area contributed by atoms with Crippen molar-refractivity contribution < 1.29 is 4.79 Å². The molecule has 0 saturated heterocycles. The van der Waals surface area contributed by atoms with Gasteiger partial charge < -0.3 is 20.4 Å². The maximum absolute atomic E-state index is 13.6. The average Bonchev–Trinajstić information content (AvgIpc) is 2.84. The molecule has 0 atom stereocenters. The first-order chi connectivity index (χ1) is 13.8. The molecule has 0 aromatic heterocycles. The number of halogens is 1. The van der Waals surface area contributed by atoms with Crippen LogP contribution < -0.4 is 15.5 Å². The number of hydrogen-bond donors (Lipinski definition) is 2. The Kier molecular flexibility index (Phi) is 6.30. The third kappa shape index (κ3) is 4.31. The number of anilines is 2. The van der Waals surface area contributed by atoms with Crippen molar-refractivity contribution in [2.45, 2.75) is 13.5 Å². The second-order valence-corrected chi connectivity index (χ2v) is 7.77. The number of carbonyl (C=O) groups is 1. The molecule has 0 fully saturated rings. The van der Waals surface area contributed by atoms with Gasteiger partial charge in [0.25, 0.3) is 5.91 Å². The van der Waals surface area contributed by atoms with Gasteiger partial charge in [0, 0.05) is 36.8 Å². The zero-order valence-electron chi connectivity index (χ0n) is 17.3. The molecular weight excluding hydrogens is 384 g/mol. The fourth-order valence-electron chi connectivity index (χ4n) is 3.55. The van der Waals surface area contributed by atoms with Crippen LogP contribution in [-0.2, 0) is 6.54 Å². The van der Waals surface area contributed by atoms with Gasteiger partial charge in [0.2, 0.25) is 0 Å². The fourth-order valence-corrected chi connectivity index (χ4v) is 3.72. The number of fused-ring (bicyclic) bond motifs is 1. The Morgan fingerprint density at radius 3 is 2.69 bits per heavy atom. The third-order valence-corrected chi connectivity index (χ3v) is 5.21. The normalized spacial score (nSPS) is 13.5. The van der Waals surface area contributed by atoms with Crippen LogP contribution >= 0.6 is 11.6 Å². The molecule has 29 heavy (non-hydrogen) atoms. The van der Waals surface area contributed by atoms with E-state index in [2.05, 4.69) is 23.3 Å². The van der Waals surface area contributed by atoms with E-state index in [1.807, 2.05) is 57.2 Å². The van der Waals surface area contributed by atoms with Crippen LogP contribution in [-0.4, -0.2) is 38.5 Å². The van der Waals surface area contributed by atoms with Gasteiger partial charge in [0.05, 0.1) is 17.9 Å². The van der Waals surface area contributed by atoms with E-state index in [1.165, 1.54) is 0 Å². The standard InChI is InChI=1S/C23H27ClN4O/c1-6-17-14-28(23(29)19-9-7-16(13-25-3)11-15(19)2)21-10-8-18(24)12-20(21)26-22(17)27(4)5/h6-12,25-26H,1,13-14H2,2-5H3. The number of nitrogens with one attached hydrogen (secondary N) is 2. The molecule has 0 saturated carbocycles. The molecule has 6 heteroatoms. The molecule has 0 bridgehead atoms. The van der Waals surface area contributed by atoms with Crippen LogP contribution in [0.1, 0.15) is 21.5 Å². The molecule has 2 N–H and O–H groups in total. The highest BCUT2D eigenvalue weighted by molar-refractivity contribution is 6.31. The van der Waals surface area contributed by atoms with Gasteiger partial charge in [-0.3, -0.25) is 4.79 Å². The van der Waals surface area contributed by atoms with Gasteiger partial charge in [-0.1, -0.05) is 36.4 Å². The molecule has 0 unspecified atom stereocenters. The average molecular weight is 411 g/mol. The number of rotatable bonds is 5. The minimum atomic E-state index is -0.0526. The summed E-state index contributed by atoms with van der Waals surface area (Å²) in [6, 6.07) is 11.5. The van der Waals surface area contributed by atoms with Crippen molar-refractivity contribution in [1.82, 2.24) is 10.2 Å². The summed E-state index contributed by atoms with van der Waals surface area (Å²) >= 11 is 6.24. The van der Waals surface area contributed by atoms with Gasteiger partial charge in [0.1, 0.15) is 5.82 Å². The number of amides is 1. The number of nitrogens with zero attached hydrogens (tertiary/aromatic N) is 2. The van der Waals surface area contributed by atoms with Crippen LogP contribution in [0, 0.1) is 6.92 Å². The lowest BCUT2D eigenvalue weighted by Crippen LogP contribution is -2.33. The van der Waals surface area contributed by atoms with Crippen LogP contribution in [0.4, 0.5) is 11.4 Å². The number of aryl methyl sites for hydroxylation is 1. The van der Waals surface area contributed by atoms with Crippen molar-refractivity contribution in [3.8, 4) is 0 Å². The Hall–Kier alpha value is -2.76. The highest BCUT2D eigenvalue weighted by Gasteiger charge is 2.27. The van der Waals surface area contributed by atoms with Crippen LogP contribution in [0.25, 0.3) is 0 Å². The summed E-state index contributed by atoms with van der Waals surface area (Å²) in [6.07, 6.45) is 1.79. The summed E-state index contributed by atoms with van der Waals surface area (Å²) in [5.74, 6) is 0.836. The Balaban J connectivity index is 2.10. The quantitative estimate of drug-likeness (QED) is 0.767. The van der Waals surface area contributed by atoms with Crippen LogP contribution in [0.2, 0.25) is 5.02 Å². The molecule has 0 aliphatic carbocycles. The lowest BCUT2D eigenvalue weighted by Gasteiger charge is -2.24. The van der Waals surface area contributed by atoms with Gasteiger partial charge in [-0.2, -0.15) is 0 Å². The first-order valence-corrected chi connectivity index (χ1v) is 9.89. The molecule has 1 aliphatic rings. The van der Waals surface area contributed by atoms with E-state index in [0.29, 0.717) is 17.1 Å². The van der Waals surface area contributed by atoms with Crippen molar-refractivity contribution in [2.75, 3.05) is 37.9 Å². The highest BCUT2D eigenvalue weighted by atomic mass is 35.5. The smallest absolute Gasteiger partial charge is 0.258 e. The summed E-state index contributed by atoms with van der Waals surface area (Å²) < 4.78 is 0. The summed E-state index contributed by atoms with van der Waals surface area (Å²) in [6.45, 7) is 7.11.